The topological polar surface area (TPSA) is 42.0 Å². The maximum atomic E-state index is 12.5. The first-order valence-corrected chi connectivity index (χ1v) is 7.97. The highest BCUT2D eigenvalue weighted by molar-refractivity contribution is 5.85. The highest BCUT2D eigenvalue weighted by atomic mass is 16.5. The average Bonchev–Trinajstić information content (AvgIpc) is 2.83. The molecule has 20 heavy (non-hydrogen) atoms. The molecule has 2 aliphatic heterocycles. The minimum absolute atomic E-state index is 0.263. The van der Waals surface area contributed by atoms with E-state index in [0.717, 1.165) is 78.5 Å². The molecule has 0 unspecified atom stereocenters. The van der Waals surface area contributed by atoms with Crippen molar-refractivity contribution in [2.75, 3.05) is 65.7 Å². The van der Waals surface area contributed by atoms with E-state index in [0.29, 0.717) is 5.78 Å². The summed E-state index contributed by atoms with van der Waals surface area (Å²) in [5.41, 5.74) is 0. The third-order valence-corrected chi connectivity index (χ3v) is 4.83. The summed E-state index contributed by atoms with van der Waals surface area (Å²) >= 11 is 0. The number of ketones is 1. The molecule has 0 amide bonds. The molecule has 5 nitrogen and oxygen atoms in total. The number of morpholine rings is 2. The van der Waals surface area contributed by atoms with E-state index in [-0.39, 0.29) is 11.8 Å². The second kappa shape index (κ2) is 6.98. The van der Waals surface area contributed by atoms with Gasteiger partial charge in [-0.3, -0.25) is 14.6 Å². The van der Waals surface area contributed by atoms with Gasteiger partial charge in [0, 0.05) is 51.1 Å². The van der Waals surface area contributed by atoms with Crippen molar-refractivity contribution in [2.45, 2.75) is 12.8 Å². The number of carbonyl (C=O) groups excluding carboxylic acids is 1. The van der Waals surface area contributed by atoms with E-state index in [1.165, 1.54) is 0 Å². The van der Waals surface area contributed by atoms with Gasteiger partial charge in [-0.2, -0.15) is 0 Å². The van der Waals surface area contributed by atoms with Gasteiger partial charge in [-0.1, -0.05) is 0 Å². The SMILES string of the molecule is O=C1[C@@H](CN2CCOCC2)CC[C@H]1CN1CCOCC1. The van der Waals surface area contributed by atoms with E-state index in [4.69, 9.17) is 9.47 Å². The first-order chi connectivity index (χ1) is 9.83. The monoisotopic (exact) mass is 282 g/mol. The molecule has 0 radical (unpaired) electrons. The lowest BCUT2D eigenvalue weighted by molar-refractivity contribution is -0.125. The Bertz CT molecular complexity index is 295. The molecule has 1 aliphatic carbocycles. The third kappa shape index (κ3) is 3.58. The van der Waals surface area contributed by atoms with Crippen LogP contribution in [0.4, 0.5) is 0 Å². The number of Topliss-reactive ketones (excluding diaryl/α,β-unsaturated/α-hetero) is 1. The van der Waals surface area contributed by atoms with Crippen LogP contribution in [0.3, 0.4) is 0 Å². The Hall–Kier alpha value is -0.490. The van der Waals surface area contributed by atoms with Crippen LogP contribution in [-0.4, -0.2) is 81.3 Å². The third-order valence-electron chi connectivity index (χ3n) is 4.83. The predicted molar refractivity (Wildman–Crippen MR) is 75.7 cm³/mol. The molecule has 3 rings (SSSR count). The van der Waals surface area contributed by atoms with Crippen LogP contribution < -0.4 is 0 Å². The number of hydrogen-bond acceptors (Lipinski definition) is 5. The first kappa shape index (κ1) is 14.4. The second-order valence-electron chi connectivity index (χ2n) is 6.20. The van der Waals surface area contributed by atoms with Crippen LogP contribution >= 0.6 is 0 Å². The summed E-state index contributed by atoms with van der Waals surface area (Å²) in [5, 5.41) is 0. The Labute approximate surface area is 121 Å². The van der Waals surface area contributed by atoms with E-state index in [2.05, 4.69) is 9.80 Å². The van der Waals surface area contributed by atoms with Crippen LogP contribution in [-0.2, 0) is 14.3 Å². The standard InChI is InChI=1S/C15H26N2O3/c18-15-13(11-16-3-7-19-8-4-16)1-2-14(15)12-17-5-9-20-10-6-17/h13-14H,1-12H2/t13-,14+. The van der Waals surface area contributed by atoms with Crippen molar-refractivity contribution >= 4 is 5.78 Å². The lowest BCUT2D eigenvalue weighted by Crippen LogP contribution is -2.42. The number of nitrogens with zero attached hydrogens (tertiary/aromatic N) is 2. The largest absolute Gasteiger partial charge is 0.379 e. The average molecular weight is 282 g/mol. The summed E-state index contributed by atoms with van der Waals surface area (Å²) < 4.78 is 10.7. The van der Waals surface area contributed by atoms with Crippen LogP contribution in [0.1, 0.15) is 12.8 Å². The second-order valence-corrected chi connectivity index (χ2v) is 6.20. The van der Waals surface area contributed by atoms with Crippen molar-refractivity contribution in [3.05, 3.63) is 0 Å². The number of carbonyl (C=O) groups is 1. The molecule has 5 heteroatoms. The van der Waals surface area contributed by atoms with Gasteiger partial charge in [0.1, 0.15) is 5.78 Å². The first-order valence-electron chi connectivity index (χ1n) is 7.97. The maximum Gasteiger partial charge on any atom is 0.141 e. The zero-order chi connectivity index (χ0) is 13.8. The van der Waals surface area contributed by atoms with Crippen molar-refractivity contribution in [2.24, 2.45) is 11.8 Å². The molecule has 2 heterocycles. The van der Waals surface area contributed by atoms with Gasteiger partial charge < -0.3 is 9.47 Å². The van der Waals surface area contributed by atoms with E-state index in [1.54, 1.807) is 0 Å². The minimum atomic E-state index is 0.263. The number of ether oxygens (including phenoxy) is 2. The van der Waals surface area contributed by atoms with Crippen molar-refractivity contribution in [3.8, 4) is 0 Å². The Morgan fingerprint density at radius 1 is 0.800 bits per heavy atom. The van der Waals surface area contributed by atoms with Crippen LogP contribution in [0.15, 0.2) is 0 Å². The van der Waals surface area contributed by atoms with E-state index >= 15 is 0 Å². The summed E-state index contributed by atoms with van der Waals surface area (Å²) in [4.78, 5) is 17.3. The van der Waals surface area contributed by atoms with Gasteiger partial charge in [-0.25, -0.2) is 0 Å². The molecule has 1 saturated carbocycles. The normalized spacial score (nSPS) is 33.7. The zero-order valence-corrected chi connectivity index (χ0v) is 12.3. The van der Waals surface area contributed by atoms with Crippen LogP contribution in [0.5, 0.6) is 0 Å². The van der Waals surface area contributed by atoms with Gasteiger partial charge in [0.15, 0.2) is 0 Å². The van der Waals surface area contributed by atoms with Crippen LogP contribution in [0.2, 0.25) is 0 Å². The van der Waals surface area contributed by atoms with E-state index in [1.807, 2.05) is 0 Å². The van der Waals surface area contributed by atoms with Gasteiger partial charge in [0.25, 0.3) is 0 Å². The highest BCUT2D eigenvalue weighted by Crippen LogP contribution is 2.29. The molecule has 2 saturated heterocycles. The Morgan fingerprint density at radius 3 is 1.60 bits per heavy atom. The van der Waals surface area contributed by atoms with Crippen molar-refractivity contribution in [1.29, 1.82) is 0 Å². The molecule has 3 fully saturated rings. The fourth-order valence-electron chi connectivity index (χ4n) is 3.57. The molecule has 0 aromatic carbocycles. The molecule has 3 aliphatic rings. The molecule has 0 aromatic rings. The van der Waals surface area contributed by atoms with E-state index < -0.39 is 0 Å². The molecule has 114 valence electrons. The Balaban J connectivity index is 1.46. The molecule has 0 spiro atoms. The van der Waals surface area contributed by atoms with Gasteiger partial charge in [0.05, 0.1) is 26.4 Å². The molecular weight excluding hydrogens is 256 g/mol. The number of hydrogen-bond donors (Lipinski definition) is 0. The van der Waals surface area contributed by atoms with Crippen LogP contribution in [0, 0.1) is 11.8 Å². The quantitative estimate of drug-likeness (QED) is 0.739. The summed E-state index contributed by atoms with van der Waals surface area (Å²) in [5.74, 6) is 1.03. The summed E-state index contributed by atoms with van der Waals surface area (Å²) in [6, 6.07) is 0. The zero-order valence-electron chi connectivity index (χ0n) is 12.3. The maximum absolute atomic E-state index is 12.5. The van der Waals surface area contributed by atoms with Gasteiger partial charge in [0.2, 0.25) is 0 Å². The van der Waals surface area contributed by atoms with E-state index in [9.17, 15) is 4.79 Å². The predicted octanol–water partition coefficient (Wildman–Crippen LogP) is 0.246. The Kier molecular flexibility index (Phi) is 5.04. The van der Waals surface area contributed by atoms with Crippen molar-refractivity contribution in [1.82, 2.24) is 9.80 Å². The molecule has 0 N–H and O–H groups in total. The van der Waals surface area contributed by atoms with Gasteiger partial charge >= 0.3 is 0 Å². The fraction of sp³-hybridized carbons (Fsp3) is 0.933. The van der Waals surface area contributed by atoms with Gasteiger partial charge in [-0.05, 0) is 12.8 Å². The lowest BCUT2D eigenvalue weighted by Gasteiger charge is -2.30. The highest BCUT2D eigenvalue weighted by Gasteiger charge is 2.36. The molecule has 0 bridgehead atoms. The summed E-state index contributed by atoms with van der Waals surface area (Å²) in [6.45, 7) is 9.10. The fourth-order valence-corrected chi connectivity index (χ4v) is 3.57. The smallest absolute Gasteiger partial charge is 0.141 e. The molecular formula is C15H26N2O3. The van der Waals surface area contributed by atoms with Gasteiger partial charge in [-0.15, -0.1) is 0 Å². The number of rotatable bonds is 4. The Morgan fingerprint density at radius 2 is 1.20 bits per heavy atom. The summed E-state index contributed by atoms with van der Waals surface area (Å²) in [6.07, 6.45) is 2.15. The van der Waals surface area contributed by atoms with Crippen LogP contribution in [0.25, 0.3) is 0 Å². The van der Waals surface area contributed by atoms with Crippen molar-refractivity contribution in [3.63, 3.8) is 0 Å². The molecule has 0 aromatic heterocycles. The minimum Gasteiger partial charge on any atom is -0.379 e. The summed E-state index contributed by atoms with van der Waals surface area (Å²) in [7, 11) is 0. The molecule has 2 atom stereocenters. The van der Waals surface area contributed by atoms with Crippen molar-refractivity contribution < 1.29 is 14.3 Å². The lowest BCUT2D eigenvalue weighted by atomic mass is 10.0.